The van der Waals surface area contributed by atoms with Crippen LogP contribution in [0.15, 0.2) is 12.7 Å². The molecule has 1 aromatic rings. The van der Waals surface area contributed by atoms with Gasteiger partial charge in [0, 0.05) is 17.0 Å². The van der Waals surface area contributed by atoms with Crippen molar-refractivity contribution in [3.05, 3.63) is 35.2 Å². The molecule has 0 bridgehead atoms. The standard InChI is InChI=1S/C11H15N/c1-5-7-10-8(3)9(4)12-11(10)6-2/h5-7,12H,2H2,1,3-4H3/b7-5-. The van der Waals surface area contributed by atoms with E-state index in [9.17, 15) is 0 Å². The van der Waals surface area contributed by atoms with E-state index < -0.39 is 0 Å². The summed E-state index contributed by atoms with van der Waals surface area (Å²) >= 11 is 0. The van der Waals surface area contributed by atoms with Gasteiger partial charge in [-0.3, -0.25) is 0 Å². The number of allylic oxidation sites excluding steroid dienone is 1. The summed E-state index contributed by atoms with van der Waals surface area (Å²) in [7, 11) is 0. The summed E-state index contributed by atoms with van der Waals surface area (Å²) in [6, 6.07) is 0. The van der Waals surface area contributed by atoms with E-state index in [1.807, 2.05) is 19.1 Å². The molecular formula is C11H15N. The topological polar surface area (TPSA) is 15.8 Å². The zero-order valence-electron chi connectivity index (χ0n) is 7.94. The van der Waals surface area contributed by atoms with Crippen molar-refractivity contribution in [3.63, 3.8) is 0 Å². The average molecular weight is 161 g/mol. The monoisotopic (exact) mass is 161 g/mol. The van der Waals surface area contributed by atoms with Gasteiger partial charge in [-0.15, -0.1) is 0 Å². The van der Waals surface area contributed by atoms with Crippen molar-refractivity contribution in [1.29, 1.82) is 0 Å². The Hall–Kier alpha value is -1.24. The third-order valence-corrected chi connectivity index (χ3v) is 2.12. The maximum Gasteiger partial charge on any atom is 0.0452 e. The Bertz CT molecular complexity index is 316. The number of rotatable bonds is 2. The molecule has 0 fully saturated rings. The normalized spacial score (nSPS) is 10.9. The second-order valence-corrected chi connectivity index (χ2v) is 2.91. The zero-order chi connectivity index (χ0) is 9.14. The largest absolute Gasteiger partial charge is 0.358 e. The predicted molar refractivity (Wildman–Crippen MR) is 55.1 cm³/mol. The quantitative estimate of drug-likeness (QED) is 0.685. The SMILES string of the molecule is C=Cc1[nH]c(C)c(C)c1/C=C\C. The van der Waals surface area contributed by atoms with Gasteiger partial charge in [0.05, 0.1) is 0 Å². The van der Waals surface area contributed by atoms with E-state index in [1.165, 1.54) is 16.8 Å². The van der Waals surface area contributed by atoms with Crippen molar-refractivity contribution in [2.24, 2.45) is 0 Å². The molecule has 12 heavy (non-hydrogen) atoms. The molecule has 0 saturated carbocycles. The first-order valence-corrected chi connectivity index (χ1v) is 4.15. The van der Waals surface area contributed by atoms with Crippen LogP contribution in [0.3, 0.4) is 0 Å². The minimum Gasteiger partial charge on any atom is -0.358 e. The zero-order valence-corrected chi connectivity index (χ0v) is 7.94. The van der Waals surface area contributed by atoms with Gasteiger partial charge in [0.15, 0.2) is 0 Å². The Kier molecular flexibility index (Phi) is 2.54. The summed E-state index contributed by atoms with van der Waals surface area (Å²) < 4.78 is 0. The van der Waals surface area contributed by atoms with Gasteiger partial charge in [-0.2, -0.15) is 0 Å². The second kappa shape index (κ2) is 3.44. The molecule has 1 rings (SSSR count). The van der Waals surface area contributed by atoms with Crippen molar-refractivity contribution in [3.8, 4) is 0 Å². The summed E-state index contributed by atoms with van der Waals surface area (Å²) in [4.78, 5) is 3.28. The van der Waals surface area contributed by atoms with Crippen LogP contribution < -0.4 is 0 Å². The number of H-pyrrole nitrogens is 1. The Labute approximate surface area is 73.8 Å². The van der Waals surface area contributed by atoms with Crippen molar-refractivity contribution < 1.29 is 0 Å². The van der Waals surface area contributed by atoms with Gasteiger partial charge in [-0.25, -0.2) is 0 Å². The first-order chi connectivity index (χ1) is 5.70. The number of hydrogen-bond donors (Lipinski definition) is 1. The van der Waals surface area contributed by atoms with Gasteiger partial charge in [-0.05, 0) is 32.4 Å². The molecule has 0 amide bonds. The summed E-state index contributed by atoms with van der Waals surface area (Å²) in [5.74, 6) is 0. The summed E-state index contributed by atoms with van der Waals surface area (Å²) in [6.07, 6.45) is 6.01. The van der Waals surface area contributed by atoms with Gasteiger partial charge >= 0.3 is 0 Å². The molecule has 1 aromatic heterocycles. The number of hydrogen-bond acceptors (Lipinski definition) is 0. The Morgan fingerprint density at radius 1 is 1.33 bits per heavy atom. The lowest BCUT2D eigenvalue weighted by Gasteiger charge is -1.92. The second-order valence-electron chi connectivity index (χ2n) is 2.91. The van der Waals surface area contributed by atoms with Crippen LogP contribution in [0.1, 0.15) is 29.4 Å². The van der Waals surface area contributed by atoms with Gasteiger partial charge in [0.1, 0.15) is 0 Å². The molecule has 0 aliphatic carbocycles. The van der Waals surface area contributed by atoms with E-state index in [2.05, 4.69) is 31.5 Å². The Morgan fingerprint density at radius 3 is 2.50 bits per heavy atom. The summed E-state index contributed by atoms with van der Waals surface area (Å²) in [5, 5.41) is 0. The molecule has 1 nitrogen and oxygen atoms in total. The molecule has 0 saturated heterocycles. The van der Waals surface area contributed by atoms with Crippen molar-refractivity contribution in [1.82, 2.24) is 4.98 Å². The molecule has 0 aromatic carbocycles. The average Bonchev–Trinajstić information content (AvgIpc) is 2.33. The van der Waals surface area contributed by atoms with Crippen molar-refractivity contribution in [2.75, 3.05) is 0 Å². The van der Waals surface area contributed by atoms with Crippen molar-refractivity contribution >= 4 is 12.2 Å². The number of aromatic nitrogens is 1. The third-order valence-electron chi connectivity index (χ3n) is 2.12. The summed E-state index contributed by atoms with van der Waals surface area (Å²) in [5.41, 5.74) is 4.90. The number of aryl methyl sites for hydroxylation is 1. The van der Waals surface area contributed by atoms with E-state index in [0.717, 1.165) is 5.69 Å². The highest BCUT2D eigenvalue weighted by molar-refractivity contribution is 5.66. The van der Waals surface area contributed by atoms with E-state index in [4.69, 9.17) is 0 Å². The fraction of sp³-hybridized carbons (Fsp3) is 0.273. The van der Waals surface area contributed by atoms with Crippen LogP contribution in [0.4, 0.5) is 0 Å². The lowest BCUT2D eigenvalue weighted by Crippen LogP contribution is -1.76. The number of nitrogens with one attached hydrogen (secondary N) is 1. The van der Waals surface area contributed by atoms with Gasteiger partial charge in [0.25, 0.3) is 0 Å². The third kappa shape index (κ3) is 1.35. The van der Waals surface area contributed by atoms with Crippen LogP contribution in [0.25, 0.3) is 12.2 Å². The molecule has 0 unspecified atom stereocenters. The van der Waals surface area contributed by atoms with E-state index in [-0.39, 0.29) is 0 Å². The smallest absolute Gasteiger partial charge is 0.0452 e. The maximum atomic E-state index is 3.76. The molecule has 0 aliphatic heterocycles. The highest BCUT2D eigenvalue weighted by Gasteiger charge is 2.04. The minimum atomic E-state index is 1.11. The molecule has 0 spiro atoms. The molecule has 1 N–H and O–H groups in total. The van der Waals surface area contributed by atoms with Crippen molar-refractivity contribution in [2.45, 2.75) is 20.8 Å². The lowest BCUT2D eigenvalue weighted by atomic mass is 10.1. The van der Waals surface area contributed by atoms with Crippen LogP contribution in [0, 0.1) is 13.8 Å². The molecule has 1 heteroatoms. The highest BCUT2D eigenvalue weighted by atomic mass is 14.7. The molecule has 0 radical (unpaired) electrons. The fourth-order valence-corrected chi connectivity index (χ4v) is 1.31. The maximum absolute atomic E-state index is 3.76. The molecule has 64 valence electrons. The minimum absolute atomic E-state index is 1.11. The van der Waals surface area contributed by atoms with E-state index >= 15 is 0 Å². The van der Waals surface area contributed by atoms with Crippen LogP contribution in [-0.4, -0.2) is 4.98 Å². The van der Waals surface area contributed by atoms with Gasteiger partial charge in [0.2, 0.25) is 0 Å². The molecule has 0 atom stereocenters. The highest BCUT2D eigenvalue weighted by Crippen LogP contribution is 2.19. The molecule has 1 heterocycles. The molecular weight excluding hydrogens is 146 g/mol. The van der Waals surface area contributed by atoms with E-state index in [1.54, 1.807) is 0 Å². The summed E-state index contributed by atoms with van der Waals surface area (Å²) in [6.45, 7) is 9.98. The fourth-order valence-electron chi connectivity index (χ4n) is 1.31. The Balaban J connectivity index is 3.30. The van der Waals surface area contributed by atoms with Crippen LogP contribution in [0.5, 0.6) is 0 Å². The molecule has 0 aliphatic rings. The first-order valence-electron chi connectivity index (χ1n) is 4.15. The van der Waals surface area contributed by atoms with Crippen LogP contribution in [0.2, 0.25) is 0 Å². The number of aromatic amines is 1. The van der Waals surface area contributed by atoms with Crippen LogP contribution in [-0.2, 0) is 0 Å². The van der Waals surface area contributed by atoms with Gasteiger partial charge < -0.3 is 4.98 Å². The Morgan fingerprint density at radius 2 is 2.00 bits per heavy atom. The lowest BCUT2D eigenvalue weighted by molar-refractivity contribution is 1.22. The van der Waals surface area contributed by atoms with Crippen LogP contribution >= 0.6 is 0 Å². The predicted octanol–water partition coefficient (Wildman–Crippen LogP) is 3.31. The first kappa shape index (κ1) is 8.85. The van der Waals surface area contributed by atoms with Gasteiger partial charge in [-0.1, -0.05) is 18.7 Å². The van der Waals surface area contributed by atoms with E-state index in [0.29, 0.717) is 0 Å².